The number of carbonyl (C=O) groups excluding carboxylic acids is 1. The molecule has 0 aromatic heterocycles. The van der Waals surface area contributed by atoms with Gasteiger partial charge in [0.25, 0.3) is 0 Å². The summed E-state index contributed by atoms with van der Waals surface area (Å²) in [5.41, 5.74) is 4.64. The molecule has 0 aliphatic carbocycles. The molecule has 1 fully saturated rings. The van der Waals surface area contributed by atoms with E-state index in [9.17, 15) is 4.79 Å². The zero-order chi connectivity index (χ0) is 13.8. The molecule has 104 valence electrons. The maximum atomic E-state index is 12.2. The number of hydrogen-bond donors (Lipinski definition) is 3. The third-order valence-electron chi connectivity index (χ3n) is 3.91. The summed E-state index contributed by atoms with van der Waals surface area (Å²) in [6, 6.07) is 0.0253. The van der Waals surface area contributed by atoms with Crippen LogP contribution in [-0.4, -0.2) is 36.2 Å². The van der Waals surface area contributed by atoms with E-state index in [0.29, 0.717) is 18.9 Å². The van der Waals surface area contributed by atoms with Crippen LogP contribution in [0.25, 0.3) is 0 Å². The lowest BCUT2D eigenvalue weighted by Gasteiger charge is -2.29. The highest BCUT2D eigenvalue weighted by molar-refractivity contribution is 6.06. The van der Waals surface area contributed by atoms with E-state index in [1.54, 1.807) is 6.92 Å². The lowest BCUT2D eigenvalue weighted by atomic mass is 9.84. The number of amidine groups is 1. The van der Waals surface area contributed by atoms with Crippen LogP contribution in [0.15, 0.2) is 5.16 Å². The predicted octanol–water partition coefficient (Wildman–Crippen LogP) is 0.690. The second-order valence-corrected chi connectivity index (χ2v) is 5.06. The Bertz CT molecular complexity index is 327. The summed E-state index contributed by atoms with van der Waals surface area (Å²) in [5.74, 6) is 0.0689. The molecule has 1 rings (SSSR count). The molecule has 0 spiro atoms. The molecular weight excluding hydrogens is 234 g/mol. The van der Waals surface area contributed by atoms with Crippen LogP contribution >= 0.6 is 0 Å². The quantitative estimate of drug-likeness (QED) is 0.292. The van der Waals surface area contributed by atoms with Gasteiger partial charge in [-0.25, -0.2) is 0 Å². The molecular formula is C12H23N3O3. The van der Waals surface area contributed by atoms with Crippen molar-refractivity contribution in [3.63, 3.8) is 0 Å². The fraction of sp³-hybridized carbons (Fsp3) is 0.833. The molecule has 1 aliphatic heterocycles. The van der Waals surface area contributed by atoms with Crippen molar-refractivity contribution in [3.05, 3.63) is 0 Å². The fourth-order valence-corrected chi connectivity index (χ4v) is 2.00. The summed E-state index contributed by atoms with van der Waals surface area (Å²) in [7, 11) is 0. The van der Waals surface area contributed by atoms with Crippen molar-refractivity contribution in [2.75, 3.05) is 13.2 Å². The zero-order valence-corrected chi connectivity index (χ0v) is 11.3. The lowest BCUT2D eigenvalue weighted by Crippen LogP contribution is -2.51. The molecule has 1 aliphatic rings. The number of nitrogens with zero attached hydrogens (tertiary/aromatic N) is 1. The van der Waals surface area contributed by atoms with E-state index in [-0.39, 0.29) is 17.8 Å². The molecule has 0 bridgehead atoms. The lowest BCUT2D eigenvalue weighted by molar-refractivity contribution is -0.128. The van der Waals surface area contributed by atoms with Crippen LogP contribution in [0, 0.1) is 11.3 Å². The highest BCUT2D eigenvalue weighted by Gasteiger charge is 2.38. The van der Waals surface area contributed by atoms with Gasteiger partial charge in [-0.05, 0) is 26.7 Å². The van der Waals surface area contributed by atoms with Gasteiger partial charge in [-0.2, -0.15) is 0 Å². The zero-order valence-electron chi connectivity index (χ0n) is 11.3. The van der Waals surface area contributed by atoms with Gasteiger partial charge in [0.05, 0.1) is 6.61 Å². The van der Waals surface area contributed by atoms with Crippen LogP contribution < -0.4 is 11.1 Å². The second-order valence-electron chi connectivity index (χ2n) is 5.06. The van der Waals surface area contributed by atoms with Gasteiger partial charge in [-0.1, -0.05) is 12.1 Å². The van der Waals surface area contributed by atoms with Crippen molar-refractivity contribution in [2.24, 2.45) is 22.2 Å². The van der Waals surface area contributed by atoms with Crippen LogP contribution in [-0.2, 0) is 9.53 Å². The van der Waals surface area contributed by atoms with E-state index in [1.807, 2.05) is 13.8 Å². The van der Waals surface area contributed by atoms with Crippen LogP contribution in [0.4, 0.5) is 0 Å². The summed E-state index contributed by atoms with van der Waals surface area (Å²) in [5, 5.41) is 14.7. The van der Waals surface area contributed by atoms with Crippen molar-refractivity contribution in [1.29, 1.82) is 0 Å². The monoisotopic (exact) mass is 257 g/mol. The van der Waals surface area contributed by atoms with Gasteiger partial charge in [0, 0.05) is 18.6 Å². The molecule has 1 amide bonds. The first-order valence-electron chi connectivity index (χ1n) is 6.32. The first-order chi connectivity index (χ1) is 8.45. The molecule has 0 aromatic rings. The van der Waals surface area contributed by atoms with Crippen molar-refractivity contribution >= 4 is 11.7 Å². The normalized spacial score (nSPS) is 25.5. The first kappa shape index (κ1) is 14.8. The van der Waals surface area contributed by atoms with Crippen molar-refractivity contribution in [2.45, 2.75) is 39.7 Å². The summed E-state index contributed by atoms with van der Waals surface area (Å²) in [4.78, 5) is 12.2. The summed E-state index contributed by atoms with van der Waals surface area (Å²) in [6.45, 7) is 6.89. The van der Waals surface area contributed by atoms with Crippen LogP contribution in [0.2, 0.25) is 0 Å². The number of nitrogens with two attached hydrogens (primary N) is 1. The van der Waals surface area contributed by atoms with Gasteiger partial charge in [-0.15, -0.1) is 0 Å². The molecule has 1 heterocycles. The molecule has 6 nitrogen and oxygen atoms in total. The summed E-state index contributed by atoms with van der Waals surface area (Å²) in [6.07, 6.45) is 1.43. The van der Waals surface area contributed by atoms with Crippen LogP contribution in [0.3, 0.4) is 0 Å². The minimum Gasteiger partial charge on any atom is -0.409 e. The minimum atomic E-state index is -0.970. The standard InChI is InChI=1S/C12H23N3O3/c1-4-12(3,10(13)15-17)11(16)14-8(2)9-5-6-18-7-9/h8-9,17H,4-7H2,1-3H3,(H2,13,15)(H,14,16). The van der Waals surface area contributed by atoms with E-state index in [2.05, 4.69) is 10.5 Å². The Morgan fingerprint density at radius 1 is 1.72 bits per heavy atom. The molecule has 6 heteroatoms. The Morgan fingerprint density at radius 3 is 2.83 bits per heavy atom. The Morgan fingerprint density at radius 2 is 2.39 bits per heavy atom. The van der Waals surface area contributed by atoms with Crippen LogP contribution in [0.5, 0.6) is 0 Å². The Labute approximate surface area is 108 Å². The summed E-state index contributed by atoms with van der Waals surface area (Å²) < 4.78 is 5.30. The SMILES string of the molecule is CCC(C)(C(=O)NC(C)C1CCOC1)C(N)=NO. The Balaban J connectivity index is 2.67. The molecule has 1 saturated heterocycles. The number of ether oxygens (including phenoxy) is 1. The molecule has 4 N–H and O–H groups in total. The Hall–Kier alpha value is -1.30. The van der Waals surface area contributed by atoms with Gasteiger partial charge in [0.2, 0.25) is 5.91 Å². The maximum absolute atomic E-state index is 12.2. The van der Waals surface area contributed by atoms with E-state index in [0.717, 1.165) is 13.0 Å². The largest absolute Gasteiger partial charge is 0.409 e. The number of oxime groups is 1. The van der Waals surface area contributed by atoms with Crippen molar-refractivity contribution in [1.82, 2.24) is 5.32 Å². The average Bonchev–Trinajstić information content (AvgIpc) is 2.90. The van der Waals surface area contributed by atoms with E-state index in [4.69, 9.17) is 15.7 Å². The number of nitrogens with one attached hydrogen (secondary N) is 1. The number of carbonyl (C=O) groups is 1. The molecule has 0 aromatic carbocycles. The third-order valence-corrected chi connectivity index (χ3v) is 3.91. The van der Waals surface area contributed by atoms with Crippen molar-refractivity contribution in [3.8, 4) is 0 Å². The highest BCUT2D eigenvalue weighted by Crippen LogP contribution is 2.23. The number of amides is 1. The van der Waals surface area contributed by atoms with Gasteiger partial charge in [-0.3, -0.25) is 4.79 Å². The van der Waals surface area contributed by atoms with Crippen molar-refractivity contribution < 1.29 is 14.7 Å². The number of rotatable bonds is 5. The summed E-state index contributed by atoms with van der Waals surface area (Å²) >= 11 is 0. The highest BCUT2D eigenvalue weighted by atomic mass is 16.5. The Kier molecular flexibility index (Phi) is 4.95. The number of hydrogen-bond acceptors (Lipinski definition) is 4. The minimum absolute atomic E-state index is 0.0253. The fourth-order valence-electron chi connectivity index (χ4n) is 2.00. The average molecular weight is 257 g/mol. The van der Waals surface area contributed by atoms with Gasteiger partial charge in [0.1, 0.15) is 5.41 Å². The molecule has 3 atom stereocenters. The molecule has 0 radical (unpaired) electrons. The van der Waals surface area contributed by atoms with E-state index < -0.39 is 5.41 Å². The maximum Gasteiger partial charge on any atom is 0.233 e. The third kappa shape index (κ3) is 2.93. The smallest absolute Gasteiger partial charge is 0.233 e. The first-order valence-corrected chi connectivity index (χ1v) is 6.32. The molecule has 3 unspecified atom stereocenters. The van der Waals surface area contributed by atoms with Crippen LogP contribution in [0.1, 0.15) is 33.6 Å². The molecule has 0 saturated carbocycles. The van der Waals surface area contributed by atoms with E-state index in [1.165, 1.54) is 0 Å². The van der Waals surface area contributed by atoms with Gasteiger partial charge >= 0.3 is 0 Å². The predicted molar refractivity (Wildman–Crippen MR) is 68.3 cm³/mol. The van der Waals surface area contributed by atoms with Gasteiger partial charge in [0.15, 0.2) is 5.84 Å². The molecule has 18 heavy (non-hydrogen) atoms. The van der Waals surface area contributed by atoms with E-state index >= 15 is 0 Å². The topological polar surface area (TPSA) is 96.9 Å². The van der Waals surface area contributed by atoms with Gasteiger partial charge < -0.3 is 21.0 Å². The second kappa shape index (κ2) is 6.04.